The van der Waals surface area contributed by atoms with Gasteiger partial charge in [-0.1, -0.05) is 6.07 Å². The molecule has 0 saturated carbocycles. The van der Waals surface area contributed by atoms with E-state index in [1.807, 2.05) is 25.1 Å². The SMILES string of the molecule is CCOC(=O)C[C@@H]1C(=O)NCC[NH+]1Cc1cccc(C)n1. The van der Waals surface area contributed by atoms with Gasteiger partial charge in [-0.2, -0.15) is 0 Å². The van der Waals surface area contributed by atoms with E-state index in [2.05, 4.69) is 10.3 Å². The van der Waals surface area contributed by atoms with Crippen molar-refractivity contribution in [2.75, 3.05) is 19.7 Å². The molecular formula is C15H22N3O3+. The summed E-state index contributed by atoms with van der Waals surface area (Å²) in [5.41, 5.74) is 1.89. The van der Waals surface area contributed by atoms with Crippen LogP contribution in [-0.4, -0.2) is 42.6 Å². The Kier molecular flexibility index (Phi) is 5.27. The Balaban J connectivity index is 2.07. The highest BCUT2D eigenvalue weighted by molar-refractivity contribution is 5.85. The first-order valence-electron chi connectivity index (χ1n) is 7.30. The second kappa shape index (κ2) is 7.17. The third-order valence-corrected chi connectivity index (χ3v) is 3.58. The Labute approximate surface area is 124 Å². The lowest BCUT2D eigenvalue weighted by molar-refractivity contribution is -0.931. The molecule has 2 rings (SSSR count). The maximum Gasteiger partial charge on any atom is 0.312 e. The summed E-state index contributed by atoms with van der Waals surface area (Å²) in [6.45, 7) is 6.09. The molecule has 1 unspecified atom stereocenters. The molecule has 0 radical (unpaired) electrons. The number of aromatic nitrogens is 1. The largest absolute Gasteiger partial charge is 0.466 e. The summed E-state index contributed by atoms with van der Waals surface area (Å²) in [7, 11) is 0. The molecule has 6 nitrogen and oxygen atoms in total. The highest BCUT2D eigenvalue weighted by atomic mass is 16.5. The van der Waals surface area contributed by atoms with Gasteiger partial charge in [0.15, 0.2) is 6.04 Å². The van der Waals surface area contributed by atoms with Crippen LogP contribution in [0.4, 0.5) is 0 Å². The van der Waals surface area contributed by atoms with Crippen molar-refractivity contribution in [3.8, 4) is 0 Å². The Bertz CT molecular complexity index is 519. The number of carbonyl (C=O) groups is 2. The molecule has 1 aliphatic heterocycles. The van der Waals surface area contributed by atoms with Gasteiger partial charge in [0.25, 0.3) is 5.91 Å². The van der Waals surface area contributed by atoms with Gasteiger partial charge in [0.1, 0.15) is 13.0 Å². The van der Waals surface area contributed by atoms with Crippen LogP contribution >= 0.6 is 0 Å². The molecule has 6 heteroatoms. The van der Waals surface area contributed by atoms with Crippen molar-refractivity contribution in [2.24, 2.45) is 0 Å². The summed E-state index contributed by atoms with van der Waals surface area (Å²) in [6, 6.07) is 5.45. The predicted octanol–water partition coefficient (Wildman–Crippen LogP) is -0.773. The van der Waals surface area contributed by atoms with Crippen molar-refractivity contribution in [3.05, 3.63) is 29.6 Å². The molecule has 21 heavy (non-hydrogen) atoms. The van der Waals surface area contributed by atoms with Gasteiger partial charge in [-0.15, -0.1) is 0 Å². The predicted molar refractivity (Wildman–Crippen MR) is 76.6 cm³/mol. The van der Waals surface area contributed by atoms with E-state index >= 15 is 0 Å². The van der Waals surface area contributed by atoms with Crippen LogP contribution < -0.4 is 10.2 Å². The second-order valence-electron chi connectivity index (χ2n) is 5.21. The number of nitrogens with one attached hydrogen (secondary N) is 2. The number of piperazine rings is 1. The average molecular weight is 292 g/mol. The van der Waals surface area contributed by atoms with Crippen LogP contribution in [0.1, 0.15) is 24.7 Å². The fourth-order valence-corrected chi connectivity index (χ4v) is 2.59. The fourth-order valence-electron chi connectivity index (χ4n) is 2.59. The van der Waals surface area contributed by atoms with Crippen molar-refractivity contribution in [2.45, 2.75) is 32.9 Å². The van der Waals surface area contributed by atoms with E-state index in [1.165, 1.54) is 0 Å². The van der Waals surface area contributed by atoms with Crippen LogP contribution in [0.3, 0.4) is 0 Å². The van der Waals surface area contributed by atoms with Crippen LogP contribution in [0.5, 0.6) is 0 Å². The molecule has 0 aliphatic carbocycles. The normalized spacial score (nSPS) is 21.7. The molecule has 1 fully saturated rings. The van der Waals surface area contributed by atoms with Crippen LogP contribution in [-0.2, 0) is 20.9 Å². The van der Waals surface area contributed by atoms with Gasteiger partial charge < -0.3 is 15.0 Å². The zero-order valence-corrected chi connectivity index (χ0v) is 12.5. The van der Waals surface area contributed by atoms with Gasteiger partial charge in [0.2, 0.25) is 0 Å². The first-order valence-corrected chi connectivity index (χ1v) is 7.30. The highest BCUT2D eigenvalue weighted by Crippen LogP contribution is 2.00. The Hall–Kier alpha value is -1.95. The quantitative estimate of drug-likeness (QED) is 0.699. The van der Waals surface area contributed by atoms with Crippen molar-refractivity contribution in [3.63, 3.8) is 0 Å². The number of amides is 1. The van der Waals surface area contributed by atoms with Crippen LogP contribution in [0.2, 0.25) is 0 Å². The monoisotopic (exact) mass is 292 g/mol. The van der Waals surface area contributed by atoms with Crippen molar-refractivity contribution in [1.29, 1.82) is 0 Å². The third kappa shape index (κ3) is 4.26. The number of nitrogens with zero attached hydrogens (tertiary/aromatic N) is 1. The number of hydrogen-bond acceptors (Lipinski definition) is 4. The van der Waals surface area contributed by atoms with Gasteiger partial charge in [-0.25, -0.2) is 0 Å². The summed E-state index contributed by atoms with van der Waals surface area (Å²) >= 11 is 0. The molecular weight excluding hydrogens is 270 g/mol. The maximum absolute atomic E-state index is 12.0. The van der Waals surface area contributed by atoms with Gasteiger partial charge in [0.05, 0.1) is 25.4 Å². The van der Waals surface area contributed by atoms with E-state index in [4.69, 9.17) is 4.74 Å². The molecule has 0 bridgehead atoms. The Morgan fingerprint density at radius 2 is 2.33 bits per heavy atom. The molecule has 2 atom stereocenters. The van der Waals surface area contributed by atoms with Crippen molar-refractivity contribution < 1.29 is 19.2 Å². The summed E-state index contributed by atoms with van der Waals surface area (Å²) in [5, 5.41) is 2.82. The smallest absolute Gasteiger partial charge is 0.312 e. The summed E-state index contributed by atoms with van der Waals surface area (Å²) in [4.78, 5) is 29.3. The maximum atomic E-state index is 12.0. The average Bonchev–Trinajstić information content (AvgIpc) is 2.43. The number of carbonyl (C=O) groups excluding carboxylic acids is 2. The van der Waals surface area contributed by atoms with Gasteiger partial charge in [-0.3, -0.25) is 14.6 Å². The van der Waals surface area contributed by atoms with E-state index in [1.54, 1.807) is 6.92 Å². The van der Waals surface area contributed by atoms with Crippen LogP contribution in [0.15, 0.2) is 18.2 Å². The molecule has 1 saturated heterocycles. The molecule has 1 amide bonds. The molecule has 2 N–H and O–H groups in total. The minimum atomic E-state index is -0.403. The van der Waals surface area contributed by atoms with E-state index in [0.29, 0.717) is 19.7 Å². The minimum Gasteiger partial charge on any atom is -0.466 e. The summed E-state index contributed by atoms with van der Waals surface area (Å²) in [6.07, 6.45) is 0.112. The topological polar surface area (TPSA) is 72.7 Å². The zero-order chi connectivity index (χ0) is 15.2. The highest BCUT2D eigenvalue weighted by Gasteiger charge is 2.36. The number of aryl methyl sites for hydroxylation is 1. The molecule has 114 valence electrons. The van der Waals surface area contributed by atoms with Gasteiger partial charge >= 0.3 is 5.97 Å². The standard InChI is InChI=1S/C15H21N3O3/c1-3-21-14(19)9-13-15(20)16-7-8-18(13)10-12-6-4-5-11(2)17-12/h4-6,13H,3,7-10H2,1-2H3,(H,16,20)/p+1/t13-/m1/s1. The van der Waals surface area contributed by atoms with E-state index in [0.717, 1.165) is 22.8 Å². The number of hydrogen-bond donors (Lipinski definition) is 2. The molecule has 0 aromatic carbocycles. The summed E-state index contributed by atoms with van der Waals surface area (Å²) < 4.78 is 4.96. The third-order valence-electron chi connectivity index (χ3n) is 3.58. The van der Waals surface area contributed by atoms with E-state index < -0.39 is 6.04 Å². The van der Waals surface area contributed by atoms with Crippen molar-refractivity contribution >= 4 is 11.9 Å². The Morgan fingerprint density at radius 1 is 1.52 bits per heavy atom. The fraction of sp³-hybridized carbons (Fsp3) is 0.533. The molecule has 2 heterocycles. The summed E-state index contributed by atoms with van der Waals surface area (Å²) in [5.74, 6) is -0.411. The lowest BCUT2D eigenvalue weighted by atomic mass is 10.1. The first kappa shape index (κ1) is 15.4. The number of esters is 1. The number of quaternary nitrogens is 1. The van der Waals surface area contributed by atoms with Crippen LogP contribution in [0.25, 0.3) is 0 Å². The Morgan fingerprint density at radius 3 is 3.05 bits per heavy atom. The molecule has 1 aliphatic rings. The minimum absolute atomic E-state index is 0.0862. The molecule has 0 spiro atoms. The van der Waals surface area contributed by atoms with Gasteiger partial charge in [-0.05, 0) is 26.0 Å². The number of rotatable bonds is 5. The van der Waals surface area contributed by atoms with E-state index in [-0.39, 0.29) is 18.3 Å². The second-order valence-corrected chi connectivity index (χ2v) is 5.21. The number of pyridine rings is 1. The van der Waals surface area contributed by atoms with Gasteiger partial charge in [0, 0.05) is 5.69 Å². The first-order chi connectivity index (χ1) is 10.1. The number of ether oxygens (including phenoxy) is 1. The van der Waals surface area contributed by atoms with Crippen LogP contribution in [0, 0.1) is 6.92 Å². The lowest BCUT2D eigenvalue weighted by Crippen LogP contribution is -3.18. The molecule has 1 aromatic rings. The molecule has 1 aromatic heterocycles. The lowest BCUT2D eigenvalue weighted by Gasteiger charge is -2.31. The van der Waals surface area contributed by atoms with Crippen molar-refractivity contribution in [1.82, 2.24) is 10.3 Å². The zero-order valence-electron chi connectivity index (χ0n) is 12.5. The van der Waals surface area contributed by atoms with E-state index in [9.17, 15) is 9.59 Å².